The summed E-state index contributed by atoms with van der Waals surface area (Å²) in [5, 5.41) is 20.9. The number of benzene rings is 2. The zero-order valence-electron chi connectivity index (χ0n) is 19.3. The third-order valence-electron chi connectivity index (χ3n) is 5.64. The Morgan fingerprint density at radius 1 is 1.12 bits per heavy atom. The van der Waals surface area contributed by atoms with Crippen LogP contribution in [-0.2, 0) is 11.3 Å². The molecule has 1 heterocycles. The summed E-state index contributed by atoms with van der Waals surface area (Å²) in [6.07, 6.45) is 2.45. The Labute approximate surface area is 193 Å². The SMILES string of the molecule is Cc1ccc(CNC(=O)n2nc(-c3ccc(NC(=O)CC(C)C)cc3O)cc2C2CC2)cc1. The Bertz CT molecular complexity index is 1160. The molecule has 0 unspecified atom stereocenters. The summed E-state index contributed by atoms with van der Waals surface area (Å²) < 4.78 is 1.42. The van der Waals surface area contributed by atoms with Crippen molar-refractivity contribution in [2.45, 2.75) is 52.5 Å². The highest BCUT2D eigenvalue weighted by molar-refractivity contribution is 5.91. The molecule has 1 aliphatic carbocycles. The monoisotopic (exact) mass is 446 g/mol. The molecule has 172 valence electrons. The zero-order valence-corrected chi connectivity index (χ0v) is 19.3. The van der Waals surface area contributed by atoms with E-state index in [-0.39, 0.29) is 23.6 Å². The number of carbonyl (C=O) groups excluding carboxylic acids is 2. The van der Waals surface area contributed by atoms with E-state index in [0.29, 0.717) is 35.8 Å². The van der Waals surface area contributed by atoms with Crippen LogP contribution in [-0.4, -0.2) is 26.8 Å². The molecule has 0 spiro atoms. The molecule has 0 saturated heterocycles. The maximum atomic E-state index is 12.9. The van der Waals surface area contributed by atoms with Crippen molar-refractivity contribution in [3.8, 4) is 17.0 Å². The van der Waals surface area contributed by atoms with Crippen LogP contribution >= 0.6 is 0 Å². The molecule has 3 aromatic rings. The fourth-order valence-electron chi connectivity index (χ4n) is 3.73. The van der Waals surface area contributed by atoms with Gasteiger partial charge in [-0.15, -0.1) is 0 Å². The number of aromatic nitrogens is 2. The van der Waals surface area contributed by atoms with Crippen molar-refractivity contribution < 1.29 is 14.7 Å². The molecule has 3 N–H and O–H groups in total. The standard InChI is InChI=1S/C26H30N4O3/c1-16(2)12-25(32)28-20-10-11-21(24(31)13-20)22-14-23(19-8-9-19)30(29-22)26(33)27-15-18-6-4-17(3)5-7-18/h4-7,10-11,13-14,16,19,31H,8-9,12,15H2,1-3H3,(H,27,33)(H,28,32). The van der Waals surface area contributed by atoms with E-state index in [4.69, 9.17) is 0 Å². The molecule has 0 bridgehead atoms. The number of hydrogen-bond acceptors (Lipinski definition) is 4. The summed E-state index contributed by atoms with van der Waals surface area (Å²) in [7, 11) is 0. The Morgan fingerprint density at radius 2 is 1.85 bits per heavy atom. The fourth-order valence-corrected chi connectivity index (χ4v) is 3.73. The van der Waals surface area contributed by atoms with Crippen molar-refractivity contribution in [3.05, 3.63) is 65.4 Å². The van der Waals surface area contributed by atoms with E-state index in [1.54, 1.807) is 12.1 Å². The first-order chi connectivity index (χ1) is 15.8. The number of nitrogens with zero attached hydrogens (tertiary/aromatic N) is 2. The van der Waals surface area contributed by atoms with Gasteiger partial charge < -0.3 is 15.7 Å². The lowest BCUT2D eigenvalue weighted by molar-refractivity contribution is -0.116. The number of carbonyl (C=O) groups is 2. The normalized spacial score (nSPS) is 13.2. The molecule has 33 heavy (non-hydrogen) atoms. The van der Waals surface area contributed by atoms with E-state index in [9.17, 15) is 14.7 Å². The van der Waals surface area contributed by atoms with E-state index < -0.39 is 0 Å². The predicted octanol–water partition coefficient (Wildman–Crippen LogP) is 5.18. The van der Waals surface area contributed by atoms with E-state index in [1.807, 2.05) is 51.1 Å². The highest BCUT2D eigenvalue weighted by Gasteiger charge is 2.30. The van der Waals surface area contributed by atoms with Gasteiger partial charge >= 0.3 is 6.03 Å². The summed E-state index contributed by atoms with van der Waals surface area (Å²) >= 11 is 0. The van der Waals surface area contributed by atoms with Crippen LogP contribution in [0.25, 0.3) is 11.3 Å². The van der Waals surface area contributed by atoms with Gasteiger partial charge in [0.25, 0.3) is 0 Å². The highest BCUT2D eigenvalue weighted by atomic mass is 16.3. The first-order valence-corrected chi connectivity index (χ1v) is 11.4. The topological polar surface area (TPSA) is 96.3 Å². The molecule has 1 saturated carbocycles. The van der Waals surface area contributed by atoms with Crippen molar-refractivity contribution in [1.29, 1.82) is 0 Å². The molecule has 1 aliphatic rings. The lowest BCUT2D eigenvalue weighted by atomic mass is 10.1. The number of aryl methyl sites for hydroxylation is 1. The number of anilines is 1. The van der Waals surface area contributed by atoms with Crippen molar-refractivity contribution in [2.24, 2.45) is 5.92 Å². The van der Waals surface area contributed by atoms with Gasteiger partial charge in [0.1, 0.15) is 5.75 Å². The number of hydrogen-bond donors (Lipinski definition) is 3. The summed E-state index contributed by atoms with van der Waals surface area (Å²) in [5.74, 6) is 0.458. The molecule has 2 aromatic carbocycles. The molecule has 1 aromatic heterocycles. The van der Waals surface area contributed by atoms with Crippen LogP contribution in [0.4, 0.5) is 10.5 Å². The van der Waals surface area contributed by atoms with Crippen LogP contribution in [0.15, 0.2) is 48.5 Å². The van der Waals surface area contributed by atoms with Gasteiger partial charge in [0.2, 0.25) is 5.91 Å². The highest BCUT2D eigenvalue weighted by Crippen LogP contribution is 2.42. The van der Waals surface area contributed by atoms with Gasteiger partial charge in [-0.3, -0.25) is 4.79 Å². The second kappa shape index (κ2) is 9.48. The molecule has 4 rings (SSSR count). The molecular weight excluding hydrogens is 416 g/mol. The Hall–Kier alpha value is -3.61. The average molecular weight is 447 g/mol. The number of nitrogens with one attached hydrogen (secondary N) is 2. The smallest absolute Gasteiger partial charge is 0.342 e. The van der Waals surface area contributed by atoms with Gasteiger partial charge in [-0.2, -0.15) is 9.78 Å². The molecule has 7 heteroatoms. The molecule has 0 atom stereocenters. The van der Waals surface area contributed by atoms with Crippen LogP contribution in [0.1, 0.15) is 55.8 Å². The molecule has 0 radical (unpaired) electrons. The molecule has 1 fully saturated rings. The van der Waals surface area contributed by atoms with Crippen molar-refractivity contribution >= 4 is 17.6 Å². The van der Waals surface area contributed by atoms with E-state index in [1.165, 1.54) is 16.3 Å². The molecule has 0 aliphatic heterocycles. The minimum absolute atomic E-state index is 0.00408. The Morgan fingerprint density at radius 3 is 2.48 bits per heavy atom. The lowest BCUT2D eigenvalue weighted by Crippen LogP contribution is -2.30. The van der Waals surface area contributed by atoms with Crippen molar-refractivity contribution in [2.75, 3.05) is 5.32 Å². The number of phenolic OH excluding ortho intramolecular Hbond substituents is 1. The second-order valence-corrected chi connectivity index (χ2v) is 9.16. The Kier molecular flexibility index (Phi) is 6.49. The predicted molar refractivity (Wildman–Crippen MR) is 128 cm³/mol. The Balaban J connectivity index is 1.52. The maximum absolute atomic E-state index is 12.9. The van der Waals surface area contributed by atoms with Crippen LogP contribution < -0.4 is 10.6 Å². The van der Waals surface area contributed by atoms with E-state index >= 15 is 0 Å². The third-order valence-corrected chi connectivity index (χ3v) is 5.64. The van der Waals surface area contributed by atoms with Gasteiger partial charge in [-0.05, 0) is 49.4 Å². The zero-order chi connectivity index (χ0) is 23.5. The average Bonchev–Trinajstić information content (AvgIpc) is 3.51. The first kappa shape index (κ1) is 22.6. The summed E-state index contributed by atoms with van der Waals surface area (Å²) in [4.78, 5) is 24.9. The maximum Gasteiger partial charge on any atom is 0.342 e. The number of phenols is 1. The van der Waals surface area contributed by atoms with Crippen LogP contribution in [0, 0.1) is 12.8 Å². The molecular formula is C26H30N4O3. The van der Waals surface area contributed by atoms with Crippen molar-refractivity contribution in [1.82, 2.24) is 15.1 Å². The van der Waals surface area contributed by atoms with Crippen LogP contribution in [0.3, 0.4) is 0 Å². The summed E-state index contributed by atoms with van der Waals surface area (Å²) in [6.45, 7) is 6.39. The first-order valence-electron chi connectivity index (χ1n) is 11.4. The van der Waals surface area contributed by atoms with E-state index in [0.717, 1.165) is 24.1 Å². The van der Waals surface area contributed by atoms with Gasteiger partial charge in [-0.25, -0.2) is 4.79 Å². The second-order valence-electron chi connectivity index (χ2n) is 9.16. The van der Waals surface area contributed by atoms with Gasteiger partial charge in [0.15, 0.2) is 0 Å². The quantitative estimate of drug-likeness (QED) is 0.466. The van der Waals surface area contributed by atoms with E-state index in [2.05, 4.69) is 15.7 Å². The largest absolute Gasteiger partial charge is 0.507 e. The molecule has 7 nitrogen and oxygen atoms in total. The minimum Gasteiger partial charge on any atom is -0.507 e. The van der Waals surface area contributed by atoms with Gasteiger partial charge in [0, 0.05) is 36.2 Å². The van der Waals surface area contributed by atoms with Crippen LogP contribution in [0.5, 0.6) is 5.75 Å². The lowest BCUT2D eigenvalue weighted by Gasteiger charge is -2.09. The third kappa shape index (κ3) is 5.61. The number of rotatable bonds is 7. The van der Waals surface area contributed by atoms with Gasteiger partial charge in [0.05, 0.1) is 11.4 Å². The number of aromatic hydroxyl groups is 1. The number of amides is 2. The molecule has 2 amide bonds. The van der Waals surface area contributed by atoms with Crippen LogP contribution in [0.2, 0.25) is 0 Å². The minimum atomic E-state index is -0.291. The van der Waals surface area contributed by atoms with Crippen molar-refractivity contribution in [3.63, 3.8) is 0 Å². The summed E-state index contributed by atoms with van der Waals surface area (Å²) in [6, 6.07) is 14.6. The summed E-state index contributed by atoms with van der Waals surface area (Å²) in [5.41, 5.74) is 4.61. The van der Waals surface area contributed by atoms with Gasteiger partial charge in [-0.1, -0.05) is 43.7 Å². The fraction of sp³-hybridized carbons (Fsp3) is 0.346.